The Morgan fingerprint density at radius 1 is 1.47 bits per heavy atom. The average Bonchev–Trinajstić information content (AvgIpc) is 2.09. The Bertz CT molecular complexity index is 345. The van der Waals surface area contributed by atoms with Crippen molar-refractivity contribution in [3.05, 3.63) is 11.2 Å². The number of anilines is 1. The predicted octanol–water partition coefficient (Wildman–Crippen LogP) is 2.04. The Balaban J connectivity index is 2.54. The van der Waals surface area contributed by atoms with Crippen molar-refractivity contribution in [2.24, 2.45) is 0 Å². The van der Waals surface area contributed by atoms with Crippen LogP contribution in [0.1, 0.15) is 6.42 Å². The highest BCUT2D eigenvalue weighted by Crippen LogP contribution is 2.23. The molecule has 84 valence electrons. The van der Waals surface area contributed by atoms with Crippen LogP contribution in [0.25, 0.3) is 0 Å². The van der Waals surface area contributed by atoms with Gasteiger partial charge >= 0.3 is 6.18 Å². The second-order valence-corrected chi connectivity index (χ2v) is 3.00. The molecule has 0 atom stereocenters. The Labute approximate surface area is 88.2 Å². The summed E-state index contributed by atoms with van der Waals surface area (Å²) in [5.74, 6) is -0.255. The second kappa shape index (κ2) is 4.52. The standard InChI is InChI=1S/C7H7ClF3N3O/c8-4-3-13-6(12)14-5(4)15-2-1-7(9,10)11/h3H,1-2H2,(H2,12,13,14). The molecular weight excluding hydrogens is 235 g/mol. The van der Waals surface area contributed by atoms with Crippen molar-refractivity contribution in [3.8, 4) is 5.88 Å². The molecule has 0 aliphatic rings. The monoisotopic (exact) mass is 241 g/mol. The zero-order chi connectivity index (χ0) is 11.5. The highest BCUT2D eigenvalue weighted by atomic mass is 35.5. The van der Waals surface area contributed by atoms with Gasteiger partial charge in [-0.2, -0.15) is 18.2 Å². The molecule has 0 fully saturated rings. The van der Waals surface area contributed by atoms with Gasteiger partial charge in [-0.3, -0.25) is 0 Å². The minimum atomic E-state index is -4.27. The predicted molar refractivity (Wildman–Crippen MR) is 47.6 cm³/mol. The lowest BCUT2D eigenvalue weighted by molar-refractivity contribution is -0.139. The first-order valence-electron chi connectivity index (χ1n) is 3.86. The fourth-order valence-electron chi connectivity index (χ4n) is 0.729. The molecule has 0 aliphatic heterocycles. The third kappa shape index (κ3) is 4.20. The topological polar surface area (TPSA) is 61.0 Å². The molecule has 0 amide bonds. The van der Waals surface area contributed by atoms with E-state index in [4.69, 9.17) is 22.1 Å². The van der Waals surface area contributed by atoms with Crippen molar-refractivity contribution in [1.29, 1.82) is 0 Å². The molecule has 0 spiro atoms. The van der Waals surface area contributed by atoms with Crippen molar-refractivity contribution in [3.63, 3.8) is 0 Å². The van der Waals surface area contributed by atoms with Crippen LogP contribution in [0.5, 0.6) is 5.88 Å². The summed E-state index contributed by atoms with van der Waals surface area (Å²) in [5.41, 5.74) is 5.20. The quantitative estimate of drug-likeness (QED) is 0.880. The fraction of sp³-hybridized carbons (Fsp3) is 0.429. The van der Waals surface area contributed by atoms with E-state index < -0.39 is 19.2 Å². The highest BCUT2D eigenvalue weighted by molar-refractivity contribution is 6.31. The number of halogens is 4. The average molecular weight is 242 g/mol. The Morgan fingerprint density at radius 3 is 2.73 bits per heavy atom. The molecular formula is C7H7ClF3N3O. The van der Waals surface area contributed by atoms with Gasteiger partial charge in [0.05, 0.1) is 19.2 Å². The lowest BCUT2D eigenvalue weighted by Gasteiger charge is -2.08. The van der Waals surface area contributed by atoms with Gasteiger partial charge in [0.2, 0.25) is 11.8 Å². The lowest BCUT2D eigenvalue weighted by Crippen LogP contribution is -2.13. The van der Waals surface area contributed by atoms with Gasteiger partial charge in [-0.05, 0) is 0 Å². The Morgan fingerprint density at radius 2 is 2.13 bits per heavy atom. The summed E-state index contributed by atoms with van der Waals surface area (Å²) < 4.78 is 40.0. The van der Waals surface area contributed by atoms with Crippen LogP contribution < -0.4 is 10.5 Å². The minimum Gasteiger partial charge on any atom is -0.476 e. The van der Waals surface area contributed by atoms with Crippen LogP contribution in [-0.2, 0) is 0 Å². The van der Waals surface area contributed by atoms with Crippen LogP contribution in [0.4, 0.5) is 19.1 Å². The second-order valence-electron chi connectivity index (χ2n) is 2.59. The van der Waals surface area contributed by atoms with E-state index in [0.29, 0.717) is 0 Å². The largest absolute Gasteiger partial charge is 0.476 e. The van der Waals surface area contributed by atoms with E-state index in [0.717, 1.165) is 6.20 Å². The van der Waals surface area contributed by atoms with Crippen LogP contribution in [0.2, 0.25) is 5.02 Å². The number of ether oxygens (including phenoxy) is 1. The van der Waals surface area contributed by atoms with Gasteiger partial charge < -0.3 is 10.5 Å². The molecule has 4 nitrogen and oxygen atoms in total. The van der Waals surface area contributed by atoms with Crippen LogP contribution in [0.15, 0.2) is 6.20 Å². The van der Waals surface area contributed by atoms with E-state index in [1.54, 1.807) is 0 Å². The Hall–Kier alpha value is -1.24. The van der Waals surface area contributed by atoms with E-state index in [2.05, 4.69) is 9.97 Å². The summed E-state index contributed by atoms with van der Waals surface area (Å²) in [4.78, 5) is 7.07. The zero-order valence-corrected chi connectivity index (χ0v) is 8.14. The number of hydrogen-bond acceptors (Lipinski definition) is 4. The minimum absolute atomic E-state index is 0.0198. The van der Waals surface area contributed by atoms with Crippen LogP contribution in [0.3, 0.4) is 0 Å². The molecule has 8 heteroatoms. The number of aromatic nitrogens is 2. The van der Waals surface area contributed by atoms with E-state index in [1.165, 1.54) is 0 Å². The van der Waals surface area contributed by atoms with Crippen LogP contribution >= 0.6 is 11.6 Å². The summed E-state index contributed by atoms with van der Waals surface area (Å²) in [6.45, 7) is -0.556. The van der Waals surface area contributed by atoms with Crippen LogP contribution in [0, 0.1) is 0 Å². The van der Waals surface area contributed by atoms with Gasteiger partial charge in [-0.1, -0.05) is 11.6 Å². The number of hydrogen-bond donors (Lipinski definition) is 1. The summed E-state index contributed by atoms with van der Waals surface area (Å²) in [6, 6.07) is 0. The molecule has 1 heterocycles. The smallest absolute Gasteiger partial charge is 0.392 e. The molecule has 0 aliphatic carbocycles. The Kier molecular flexibility index (Phi) is 3.57. The zero-order valence-electron chi connectivity index (χ0n) is 7.38. The van der Waals surface area contributed by atoms with Crippen LogP contribution in [-0.4, -0.2) is 22.8 Å². The molecule has 2 N–H and O–H groups in total. The maximum atomic E-state index is 11.8. The number of nitrogen functional groups attached to an aromatic ring is 1. The van der Waals surface area contributed by atoms with Crippen molar-refractivity contribution in [2.75, 3.05) is 12.3 Å². The summed E-state index contributed by atoms with van der Waals surface area (Å²) in [5, 5.41) is 0.0198. The van der Waals surface area contributed by atoms with Gasteiger partial charge in [0.25, 0.3) is 0 Å². The summed E-state index contributed by atoms with van der Waals surface area (Å²) in [7, 11) is 0. The summed E-state index contributed by atoms with van der Waals surface area (Å²) >= 11 is 5.56. The molecule has 0 saturated carbocycles. The molecule has 1 aromatic heterocycles. The molecule has 0 aromatic carbocycles. The fourth-order valence-corrected chi connectivity index (χ4v) is 0.875. The number of nitrogens with zero attached hydrogens (tertiary/aromatic N) is 2. The molecule has 15 heavy (non-hydrogen) atoms. The van der Waals surface area contributed by atoms with E-state index in [-0.39, 0.29) is 16.9 Å². The van der Waals surface area contributed by atoms with E-state index in [9.17, 15) is 13.2 Å². The van der Waals surface area contributed by atoms with E-state index >= 15 is 0 Å². The number of rotatable bonds is 3. The van der Waals surface area contributed by atoms with E-state index in [1.807, 2.05) is 0 Å². The van der Waals surface area contributed by atoms with Gasteiger partial charge in [0.1, 0.15) is 5.02 Å². The SMILES string of the molecule is Nc1ncc(Cl)c(OCCC(F)(F)F)n1. The maximum Gasteiger partial charge on any atom is 0.392 e. The molecule has 0 saturated heterocycles. The number of alkyl halides is 3. The van der Waals surface area contributed by atoms with Gasteiger partial charge in [-0.15, -0.1) is 0 Å². The van der Waals surface area contributed by atoms with Crippen molar-refractivity contribution in [2.45, 2.75) is 12.6 Å². The summed E-state index contributed by atoms with van der Waals surface area (Å²) in [6.07, 6.45) is -4.19. The van der Waals surface area contributed by atoms with Gasteiger partial charge in [0.15, 0.2) is 0 Å². The highest BCUT2D eigenvalue weighted by Gasteiger charge is 2.27. The van der Waals surface area contributed by atoms with Gasteiger partial charge in [0, 0.05) is 0 Å². The first-order chi connectivity index (χ1) is 6.88. The lowest BCUT2D eigenvalue weighted by atomic mass is 10.4. The molecule has 1 aromatic rings. The third-order valence-electron chi connectivity index (χ3n) is 1.35. The van der Waals surface area contributed by atoms with Gasteiger partial charge in [-0.25, -0.2) is 4.98 Å². The normalized spacial score (nSPS) is 11.5. The molecule has 0 unspecified atom stereocenters. The number of nitrogens with two attached hydrogens (primary N) is 1. The first-order valence-corrected chi connectivity index (χ1v) is 4.24. The first kappa shape index (κ1) is 11.8. The molecule has 0 bridgehead atoms. The molecule has 1 rings (SSSR count). The maximum absolute atomic E-state index is 11.8. The van der Waals surface area contributed by atoms with Crippen molar-refractivity contribution < 1.29 is 17.9 Å². The van der Waals surface area contributed by atoms with Crippen molar-refractivity contribution in [1.82, 2.24) is 9.97 Å². The third-order valence-corrected chi connectivity index (χ3v) is 1.61. The van der Waals surface area contributed by atoms with Crippen molar-refractivity contribution >= 4 is 17.5 Å². The molecule has 0 radical (unpaired) electrons.